The number of nitrogens with zero attached hydrogens (tertiary/aromatic N) is 2. The molecule has 0 unspecified atom stereocenters. The SMILES string of the molecule is COCCNCCCCc1c(C)nn(C)c1OC. The number of hydrogen-bond acceptors (Lipinski definition) is 4. The van der Waals surface area contributed by atoms with E-state index < -0.39 is 0 Å². The van der Waals surface area contributed by atoms with Crippen LogP contribution in [0.1, 0.15) is 24.1 Å². The van der Waals surface area contributed by atoms with E-state index in [1.165, 1.54) is 5.56 Å². The number of aryl methyl sites for hydroxylation is 2. The molecule has 0 aliphatic carbocycles. The molecule has 0 atom stereocenters. The van der Waals surface area contributed by atoms with E-state index in [2.05, 4.69) is 10.4 Å². The molecule has 1 heterocycles. The first-order valence-corrected chi connectivity index (χ1v) is 6.46. The Morgan fingerprint density at radius 2 is 2.00 bits per heavy atom. The number of nitrogens with one attached hydrogen (secondary N) is 1. The molecule has 0 saturated carbocycles. The summed E-state index contributed by atoms with van der Waals surface area (Å²) in [5, 5.41) is 7.72. The number of unbranched alkanes of at least 4 members (excludes halogenated alkanes) is 1. The molecule has 5 heteroatoms. The van der Waals surface area contributed by atoms with E-state index in [9.17, 15) is 0 Å². The van der Waals surface area contributed by atoms with Gasteiger partial charge in [-0.05, 0) is 32.7 Å². The molecule has 0 aliphatic rings. The minimum atomic E-state index is 0.773. The summed E-state index contributed by atoms with van der Waals surface area (Å²) < 4.78 is 12.2. The highest BCUT2D eigenvalue weighted by atomic mass is 16.5. The first-order chi connectivity index (χ1) is 8.70. The van der Waals surface area contributed by atoms with Gasteiger partial charge in [0.2, 0.25) is 5.88 Å². The third-order valence-corrected chi connectivity index (χ3v) is 3.00. The molecule has 0 saturated heterocycles. The van der Waals surface area contributed by atoms with Crippen molar-refractivity contribution in [2.75, 3.05) is 33.9 Å². The van der Waals surface area contributed by atoms with Gasteiger partial charge in [-0.3, -0.25) is 0 Å². The van der Waals surface area contributed by atoms with E-state index >= 15 is 0 Å². The second-order valence-electron chi connectivity index (χ2n) is 4.40. The lowest BCUT2D eigenvalue weighted by atomic mass is 10.1. The lowest BCUT2D eigenvalue weighted by Crippen LogP contribution is -2.20. The van der Waals surface area contributed by atoms with E-state index in [0.717, 1.165) is 50.5 Å². The first kappa shape index (κ1) is 15.0. The molecule has 0 radical (unpaired) electrons. The summed E-state index contributed by atoms with van der Waals surface area (Å²) in [6, 6.07) is 0. The van der Waals surface area contributed by atoms with Crippen molar-refractivity contribution in [2.45, 2.75) is 26.2 Å². The Kier molecular flexibility index (Phi) is 6.75. The zero-order valence-electron chi connectivity index (χ0n) is 12.0. The summed E-state index contributed by atoms with van der Waals surface area (Å²) in [6.45, 7) is 4.76. The van der Waals surface area contributed by atoms with Crippen LogP contribution in [0.5, 0.6) is 5.88 Å². The van der Waals surface area contributed by atoms with E-state index in [4.69, 9.17) is 9.47 Å². The highest BCUT2D eigenvalue weighted by Crippen LogP contribution is 2.22. The van der Waals surface area contributed by atoms with Crippen LogP contribution in [0.2, 0.25) is 0 Å². The van der Waals surface area contributed by atoms with Crippen molar-refractivity contribution in [3.05, 3.63) is 11.3 Å². The predicted molar refractivity (Wildman–Crippen MR) is 72.2 cm³/mol. The number of methoxy groups -OCH3 is 2. The number of rotatable bonds is 9. The molecule has 0 fully saturated rings. The van der Waals surface area contributed by atoms with Crippen molar-refractivity contribution < 1.29 is 9.47 Å². The fourth-order valence-corrected chi connectivity index (χ4v) is 2.07. The van der Waals surface area contributed by atoms with Crippen molar-refractivity contribution >= 4 is 0 Å². The Morgan fingerprint density at radius 3 is 2.67 bits per heavy atom. The molecule has 0 bridgehead atoms. The Balaban J connectivity index is 2.27. The maximum absolute atomic E-state index is 5.38. The normalized spacial score (nSPS) is 10.9. The molecular formula is C13H25N3O2. The molecular weight excluding hydrogens is 230 g/mol. The van der Waals surface area contributed by atoms with Crippen LogP contribution in [0.3, 0.4) is 0 Å². The summed E-state index contributed by atoms with van der Waals surface area (Å²) in [7, 11) is 5.34. The van der Waals surface area contributed by atoms with Crippen LogP contribution < -0.4 is 10.1 Å². The smallest absolute Gasteiger partial charge is 0.214 e. The molecule has 1 aromatic rings. The summed E-state index contributed by atoms with van der Waals surface area (Å²) in [4.78, 5) is 0. The quantitative estimate of drug-likeness (QED) is 0.676. The van der Waals surface area contributed by atoms with Gasteiger partial charge in [0, 0.05) is 26.3 Å². The molecule has 104 valence electrons. The second kappa shape index (κ2) is 8.11. The third kappa shape index (κ3) is 4.31. The van der Waals surface area contributed by atoms with Gasteiger partial charge in [-0.2, -0.15) is 5.10 Å². The highest BCUT2D eigenvalue weighted by Gasteiger charge is 2.12. The van der Waals surface area contributed by atoms with Crippen LogP contribution >= 0.6 is 0 Å². The third-order valence-electron chi connectivity index (χ3n) is 3.00. The van der Waals surface area contributed by atoms with Gasteiger partial charge in [-0.15, -0.1) is 0 Å². The fourth-order valence-electron chi connectivity index (χ4n) is 2.07. The van der Waals surface area contributed by atoms with Crippen LogP contribution in [-0.4, -0.2) is 43.7 Å². The Labute approximate surface area is 109 Å². The molecule has 1 rings (SSSR count). The number of ether oxygens (including phenoxy) is 2. The van der Waals surface area contributed by atoms with Gasteiger partial charge in [-0.1, -0.05) is 0 Å². The topological polar surface area (TPSA) is 48.3 Å². The molecule has 1 N–H and O–H groups in total. The van der Waals surface area contributed by atoms with Gasteiger partial charge in [0.05, 0.1) is 19.4 Å². The van der Waals surface area contributed by atoms with Crippen molar-refractivity contribution in [1.82, 2.24) is 15.1 Å². The average molecular weight is 255 g/mol. The molecule has 5 nitrogen and oxygen atoms in total. The Bertz CT molecular complexity index is 350. The Hall–Kier alpha value is -1.07. The highest BCUT2D eigenvalue weighted by molar-refractivity contribution is 5.30. The molecule has 18 heavy (non-hydrogen) atoms. The zero-order valence-corrected chi connectivity index (χ0v) is 12.0. The lowest BCUT2D eigenvalue weighted by Gasteiger charge is -2.06. The summed E-state index contributed by atoms with van der Waals surface area (Å²) >= 11 is 0. The van der Waals surface area contributed by atoms with Crippen LogP contribution in [0.25, 0.3) is 0 Å². The molecule has 0 aromatic carbocycles. The van der Waals surface area contributed by atoms with Crippen molar-refractivity contribution in [3.63, 3.8) is 0 Å². The molecule has 0 amide bonds. The zero-order chi connectivity index (χ0) is 13.4. The van der Waals surface area contributed by atoms with E-state index in [0.29, 0.717) is 0 Å². The van der Waals surface area contributed by atoms with Crippen LogP contribution in [0, 0.1) is 6.92 Å². The van der Waals surface area contributed by atoms with Crippen molar-refractivity contribution in [3.8, 4) is 5.88 Å². The minimum absolute atomic E-state index is 0.773. The van der Waals surface area contributed by atoms with Gasteiger partial charge in [0.15, 0.2) is 0 Å². The first-order valence-electron chi connectivity index (χ1n) is 6.46. The standard InChI is InChI=1S/C13H25N3O2/c1-11-12(13(18-4)16(2)15-11)7-5-6-8-14-9-10-17-3/h14H,5-10H2,1-4H3. The van der Waals surface area contributed by atoms with Gasteiger partial charge in [-0.25, -0.2) is 4.68 Å². The molecule has 0 spiro atoms. The van der Waals surface area contributed by atoms with Crippen LogP contribution in [0.4, 0.5) is 0 Å². The fraction of sp³-hybridized carbons (Fsp3) is 0.769. The average Bonchev–Trinajstić information content (AvgIpc) is 2.62. The lowest BCUT2D eigenvalue weighted by molar-refractivity contribution is 0.199. The van der Waals surface area contributed by atoms with Gasteiger partial charge in [0.1, 0.15) is 0 Å². The summed E-state index contributed by atoms with van der Waals surface area (Å²) in [5.41, 5.74) is 2.30. The van der Waals surface area contributed by atoms with Crippen LogP contribution in [-0.2, 0) is 18.2 Å². The maximum Gasteiger partial charge on any atom is 0.214 e. The summed E-state index contributed by atoms with van der Waals surface area (Å²) in [6.07, 6.45) is 3.32. The largest absolute Gasteiger partial charge is 0.481 e. The van der Waals surface area contributed by atoms with Gasteiger partial charge >= 0.3 is 0 Å². The van der Waals surface area contributed by atoms with E-state index in [1.807, 2.05) is 18.7 Å². The van der Waals surface area contributed by atoms with Crippen molar-refractivity contribution in [1.29, 1.82) is 0 Å². The van der Waals surface area contributed by atoms with Gasteiger partial charge < -0.3 is 14.8 Å². The minimum Gasteiger partial charge on any atom is -0.481 e. The molecule has 1 aromatic heterocycles. The number of aromatic nitrogens is 2. The molecule has 0 aliphatic heterocycles. The second-order valence-corrected chi connectivity index (χ2v) is 4.40. The maximum atomic E-state index is 5.38. The van der Waals surface area contributed by atoms with Crippen LogP contribution in [0.15, 0.2) is 0 Å². The van der Waals surface area contributed by atoms with E-state index in [1.54, 1.807) is 14.2 Å². The van der Waals surface area contributed by atoms with Gasteiger partial charge in [0.25, 0.3) is 0 Å². The summed E-state index contributed by atoms with van der Waals surface area (Å²) in [5.74, 6) is 0.889. The predicted octanol–water partition coefficient (Wildman–Crippen LogP) is 1.30. The van der Waals surface area contributed by atoms with E-state index in [-0.39, 0.29) is 0 Å². The van der Waals surface area contributed by atoms with Crippen molar-refractivity contribution in [2.24, 2.45) is 7.05 Å². The Morgan fingerprint density at radius 1 is 1.22 bits per heavy atom. The monoisotopic (exact) mass is 255 g/mol. The number of hydrogen-bond donors (Lipinski definition) is 1.